The molecule has 37 heavy (non-hydrogen) atoms. The van der Waals surface area contributed by atoms with Crippen molar-refractivity contribution in [2.45, 2.75) is 6.54 Å². The van der Waals surface area contributed by atoms with Crippen molar-refractivity contribution in [3.05, 3.63) is 121 Å². The molecule has 180 valence electrons. The SMILES string of the molecule is O=C(Nc1ccc(-n2cncn2)cc1)c1nc(NCc2ccccc2)c2c(-c3ccccc3)ccn2n1. The monoisotopic (exact) mass is 486 g/mol. The number of fused-ring (bicyclic) bond motifs is 1. The lowest BCUT2D eigenvalue weighted by molar-refractivity contribution is 0.101. The average molecular weight is 487 g/mol. The highest BCUT2D eigenvalue weighted by molar-refractivity contribution is 6.02. The second-order valence-electron chi connectivity index (χ2n) is 8.35. The number of nitrogens with one attached hydrogen (secondary N) is 2. The van der Waals surface area contributed by atoms with Crippen LogP contribution in [0.15, 0.2) is 110 Å². The van der Waals surface area contributed by atoms with Gasteiger partial charge in [0.15, 0.2) is 5.82 Å². The second kappa shape index (κ2) is 9.74. The summed E-state index contributed by atoms with van der Waals surface area (Å²) in [7, 11) is 0. The molecule has 0 radical (unpaired) electrons. The van der Waals surface area contributed by atoms with Crippen molar-refractivity contribution in [3.8, 4) is 16.8 Å². The van der Waals surface area contributed by atoms with E-state index >= 15 is 0 Å². The molecule has 0 saturated heterocycles. The molecular formula is C28H22N8O. The molecule has 3 heterocycles. The third-order valence-electron chi connectivity index (χ3n) is 5.91. The van der Waals surface area contributed by atoms with Crippen LogP contribution in [0.1, 0.15) is 16.2 Å². The number of carbonyl (C=O) groups excluding carboxylic acids is 1. The molecule has 0 fully saturated rings. The Morgan fingerprint density at radius 1 is 0.865 bits per heavy atom. The van der Waals surface area contributed by atoms with E-state index in [0.29, 0.717) is 18.1 Å². The fourth-order valence-corrected chi connectivity index (χ4v) is 4.10. The number of carbonyl (C=O) groups is 1. The molecule has 9 heteroatoms. The van der Waals surface area contributed by atoms with Crippen LogP contribution < -0.4 is 10.6 Å². The van der Waals surface area contributed by atoms with E-state index in [1.165, 1.54) is 6.33 Å². The van der Waals surface area contributed by atoms with Crippen LogP contribution in [0.25, 0.3) is 22.3 Å². The van der Waals surface area contributed by atoms with Gasteiger partial charge in [-0.3, -0.25) is 4.79 Å². The molecule has 3 aromatic carbocycles. The lowest BCUT2D eigenvalue weighted by Crippen LogP contribution is -2.19. The molecular weight excluding hydrogens is 464 g/mol. The Balaban J connectivity index is 1.32. The summed E-state index contributed by atoms with van der Waals surface area (Å²) in [6, 6.07) is 29.4. The first-order valence-electron chi connectivity index (χ1n) is 11.7. The molecule has 6 rings (SSSR count). The maximum absolute atomic E-state index is 13.2. The summed E-state index contributed by atoms with van der Waals surface area (Å²) in [5.41, 5.74) is 5.38. The van der Waals surface area contributed by atoms with Crippen LogP contribution in [0.3, 0.4) is 0 Å². The Hall–Kier alpha value is -5.31. The van der Waals surface area contributed by atoms with Crippen molar-refractivity contribution in [1.29, 1.82) is 0 Å². The van der Waals surface area contributed by atoms with Gasteiger partial charge in [-0.2, -0.15) is 5.10 Å². The summed E-state index contributed by atoms with van der Waals surface area (Å²) in [6.07, 6.45) is 4.93. The van der Waals surface area contributed by atoms with E-state index in [2.05, 4.69) is 30.8 Å². The van der Waals surface area contributed by atoms with Crippen molar-refractivity contribution in [1.82, 2.24) is 29.4 Å². The van der Waals surface area contributed by atoms with Gasteiger partial charge in [0.1, 0.15) is 18.2 Å². The minimum atomic E-state index is -0.409. The predicted octanol–water partition coefficient (Wildman–Crippen LogP) is 4.84. The molecule has 2 N–H and O–H groups in total. The summed E-state index contributed by atoms with van der Waals surface area (Å²) >= 11 is 0. The highest BCUT2D eigenvalue weighted by Crippen LogP contribution is 2.30. The van der Waals surface area contributed by atoms with E-state index in [9.17, 15) is 4.79 Å². The van der Waals surface area contributed by atoms with Gasteiger partial charge in [0.05, 0.1) is 5.69 Å². The van der Waals surface area contributed by atoms with Crippen LogP contribution in [0, 0.1) is 0 Å². The highest BCUT2D eigenvalue weighted by Gasteiger charge is 2.18. The summed E-state index contributed by atoms with van der Waals surface area (Å²) < 4.78 is 3.34. The number of rotatable bonds is 7. The molecule has 0 aliphatic carbocycles. The number of amides is 1. The number of hydrogen-bond donors (Lipinski definition) is 2. The minimum Gasteiger partial charge on any atom is -0.364 e. The van der Waals surface area contributed by atoms with E-state index in [1.807, 2.05) is 85.1 Å². The quantitative estimate of drug-likeness (QED) is 0.335. The van der Waals surface area contributed by atoms with E-state index in [1.54, 1.807) is 27.7 Å². The Labute approximate surface area is 212 Å². The van der Waals surface area contributed by atoms with Gasteiger partial charge in [-0.15, -0.1) is 5.10 Å². The number of nitrogens with zero attached hydrogens (tertiary/aromatic N) is 6. The molecule has 0 bridgehead atoms. The largest absolute Gasteiger partial charge is 0.364 e. The van der Waals surface area contributed by atoms with E-state index in [4.69, 9.17) is 0 Å². The molecule has 0 spiro atoms. The molecule has 0 aliphatic heterocycles. The molecule has 3 aromatic heterocycles. The first-order valence-corrected chi connectivity index (χ1v) is 11.7. The van der Waals surface area contributed by atoms with Crippen LogP contribution in [-0.4, -0.2) is 35.3 Å². The highest BCUT2D eigenvalue weighted by atomic mass is 16.2. The van der Waals surface area contributed by atoms with Crippen molar-refractivity contribution < 1.29 is 4.79 Å². The smallest absolute Gasteiger partial charge is 0.295 e. The maximum Gasteiger partial charge on any atom is 0.295 e. The number of hydrogen-bond acceptors (Lipinski definition) is 6. The van der Waals surface area contributed by atoms with Gasteiger partial charge in [0, 0.05) is 24.0 Å². The van der Waals surface area contributed by atoms with Crippen LogP contribution in [0.5, 0.6) is 0 Å². The van der Waals surface area contributed by atoms with Crippen molar-refractivity contribution in [2.75, 3.05) is 10.6 Å². The molecule has 0 unspecified atom stereocenters. The zero-order valence-electron chi connectivity index (χ0n) is 19.7. The lowest BCUT2D eigenvalue weighted by atomic mass is 10.1. The number of benzene rings is 3. The summed E-state index contributed by atoms with van der Waals surface area (Å²) in [5, 5.41) is 14.9. The van der Waals surface area contributed by atoms with Gasteiger partial charge in [0.2, 0.25) is 5.82 Å². The molecule has 1 amide bonds. The lowest BCUT2D eigenvalue weighted by Gasteiger charge is -2.12. The third-order valence-corrected chi connectivity index (χ3v) is 5.91. The standard InChI is InChI=1S/C28H22N8O/c37-28(32-22-11-13-23(14-12-22)36-19-29-18-31-36)27-33-26(30-17-20-7-3-1-4-8-20)25-24(15-16-35(25)34-27)21-9-5-2-6-10-21/h1-16,18-19H,17H2,(H,32,37)(H,30,33,34). The predicted molar refractivity (Wildman–Crippen MR) is 142 cm³/mol. The average Bonchev–Trinajstić information content (AvgIpc) is 3.64. The first-order chi connectivity index (χ1) is 18.2. The summed E-state index contributed by atoms with van der Waals surface area (Å²) in [5.74, 6) is 0.223. The topological polar surface area (TPSA) is 102 Å². The van der Waals surface area contributed by atoms with Gasteiger partial charge in [-0.25, -0.2) is 19.2 Å². The van der Waals surface area contributed by atoms with Gasteiger partial charge < -0.3 is 10.6 Å². The molecule has 9 nitrogen and oxygen atoms in total. The van der Waals surface area contributed by atoms with E-state index in [0.717, 1.165) is 27.9 Å². The van der Waals surface area contributed by atoms with Gasteiger partial charge in [-0.05, 0) is 41.5 Å². The molecule has 0 saturated carbocycles. The Morgan fingerprint density at radius 2 is 1.62 bits per heavy atom. The Morgan fingerprint density at radius 3 is 2.35 bits per heavy atom. The summed E-state index contributed by atoms with van der Waals surface area (Å²) in [6.45, 7) is 0.553. The first kappa shape index (κ1) is 22.2. The zero-order valence-corrected chi connectivity index (χ0v) is 19.7. The van der Waals surface area contributed by atoms with Crippen LogP contribution >= 0.6 is 0 Å². The van der Waals surface area contributed by atoms with E-state index < -0.39 is 5.91 Å². The second-order valence-corrected chi connectivity index (χ2v) is 8.35. The van der Waals surface area contributed by atoms with Crippen LogP contribution in [0.4, 0.5) is 11.5 Å². The zero-order chi connectivity index (χ0) is 25.0. The van der Waals surface area contributed by atoms with Gasteiger partial charge in [-0.1, -0.05) is 60.7 Å². The fourth-order valence-electron chi connectivity index (χ4n) is 4.10. The van der Waals surface area contributed by atoms with Crippen LogP contribution in [-0.2, 0) is 6.54 Å². The minimum absolute atomic E-state index is 0.0543. The molecule has 6 aromatic rings. The van der Waals surface area contributed by atoms with Crippen molar-refractivity contribution in [2.24, 2.45) is 0 Å². The Kier molecular flexibility index (Phi) is 5.84. The van der Waals surface area contributed by atoms with Crippen LogP contribution in [0.2, 0.25) is 0 Å². The van der Waals surface area contributed by atoms with Gasteiger partial charge >= 0.3 is 0 Å². The van der Waals surface area contributed by atoms with Crippen molar-refractivity contribution >= 4 is 22.9 Å². The normalized spacial score (nSPS) is 10.9. The fraction of sp³-hybridized carbons (Fsp3) is 0.0357. The number of aromatic nitrogens is 6. The summed E-state index contributed by atoms with van der Waals surface area (Å²) in [4.78, 5) is 21.8. The van der Waals surface area contributed by atoms with E-state index in [-0.39, 0.29) is 5.82 Å². The third kappa shape index (κ3) is 4.65. The molecule has 0 atom stereocenters. The van der Waals surface area contributed by atoms with Crippen molar-refractivity contribution in [3.63, 3.8) is 0 Å². The molecule has 0 aliphatic rings. The number of anilines is 2. The maximum atomic E-state index is 13.2. The van der Waals surface area contributed by atoms with Gasteiger partial charge in [0.25, 0.3) is 5.91 Å². The Bertz CT molecular complexity index is 1640.